The number of benzene rings is 2. The van der Waals surface area contributed by atoms with Crippen LogP contribution in [0, 0.1) is 26.0 Å². The number of aromatic nitrogens is 1. The molecule has 2 aromatic carbocycles. The molecule has 1 aliphatic heterocycles. The standard InChI is InChI=1S/C23H17FN4O8S/c1-3-36-22(31)18-11(2)25-23-26(19(18)13-4-6-14(24)7-5-13)21(30)17(37-23)10-12-8-15(27(32)33)20(29)16(9-12)28(34)35/h4-10,19,29H,3H2,1-2H3/b17-10-/t19-/m1/s1. The molecule has 0 saturated heterocycles. The molecule has 1 aromatic heterocycles. The van der Waals surface area contributed by atoms with E-state index in [-0.39, 0.29) is 32.8 Å². The fraction of sp³-hybridized carbons (Fsp3) is 0.174. The highest BCUT2D eigenvalue weighted by atomic mass is 32.1. The fourth-order valence-electron chi connectivity index (χ4n) is 3.89. The normalized spacial score (nSPS) is 15.2. The minimum absolute atomic E-state index is 0.00180. The third-order valence-electron chi connectivity index (χ3n) is 5.49. The monoisotopic (exact) mass is 528 g/mol. The average Bonchev–Trinajstić information content (AvgIpc) is 3.13. The Balaban J connectivity index is 1.98. The molecule has 37 heavy (non-hydrogen) atoms. The first-order valence-corrected chi connectivity index (χ1v) is 11.5. The van der Waals surface area contributed by atoms with E-state index in [2.05, 4.69) is 4.99 Å². The molecule has 1 aliphatic rings. The number of phenols is 1. The van der Waals surface area contributed by atoms with Crippen molar-refractivity contribution >= 4 is 34.8 Å². The number of hydrogen-bond donors (Lipinski definition) is 1. The molecular weight excluding hydrogens is 511 g/mol. The number of hydrogen-bond acceptors (Lipinski definition) is 10. The molecule has 0 unspecified atom stereocenters. The summed E-state index contributed by atoms with van der Waals surface area (Å²) in [5.74, 6) is -2.35. The van der Waals surface area contributed by atoms with Gasteiger partial charge in [0.1, 0.15) is 5.82 Å². The maximum atomic E-state index is 13.6. The molecular formula is C23H17FN4O8S. The predicted molar refractivity (Wildman–Crippen MR) is 128 cm³/mol. The molecule has 1 atom stereocenters. The molecule has 0 saturated carbocycles. The number of aromatic hydroxyl groups is 1. The largest absolute Gasteiger partial charge is 0.497 e. The minimum Gasteiger partial charge on any atom is -0.497 e. The van der Waals surface area contributed by atoms with Crippen LogP contribution in [-0.4, -0.2) is 32.1 Å². The molecule has 0 spiro atoms. The maximum absolute atomic E-state index is 13.6. The summed E-state index contributed by atoms with van der Waals surface area (Å²) in [7, 11) is 0. The van der Waals surface area contributed by atoms with Crippen LogP contribution in [0.2, 0.25) is 0 Å². The molecule has 0 amide bonds. The van der Waals surface area contributed by atoms with Crippen molar-refractivity contribution in [3.63, 3.8) is 0 Å². The Morgan fingerprint density at radius 1 is 1.22 bits per heavy atom. The Morgan fingerprint density at radius 3 is 2.35 bits per heavy atom. The summed E-state index contributed by atoms with van der Waals surface area (Å²) in [5, 5.41) is 32.5. The van der Waals surface area contributed by atoms with Gasteiger partial charge in [0, 0.05) is 12.1 Å². The lowest BCUT2D eigenvalue weighted by Gasteiger charge is -2.24. The van der Waals surface area contributed by atoms with Crippen LogP contribution in [0.25, 0.3) is 6.08 Å². The van der Waals surface area contributed by atoms with E-state index in [0.29, 0.717) is 5.56 Å². The van der Waals surface area contributed by atoms with Gasteiger partial charge in [-0.25, -0.2) is 14.2 Å². The highest BCUT2D eigenvalue weighted by Crippen LogP contribution is 2.37. The number of carbonyl (C=O) groups is 1. The van der Waals surface area contributed by atoms with Crippen molar-refractivity contribution in [3.05, 3.63) is 105 Å². The van der Waals surface area contributed by atoms with Gasteiger partial charge in [0.05, 0.1) is 38.3 Å². The Labute approximate surface area is 210 Å². The lowest BCUT2D eigenvalue weighted by Crippen LogP contribution is -2.39. The van der Waals surface area contributed by atoms with Crippen LogP contribution in [0.15, 0.2) is 57.5 Å². The highest BCUT2D eigenvalue weighted by molar-refractivity contribution is 7.07. The lowest BCUT2D eigenvalue weighted by molar-refractivity contribution is -0.396. The number of ether oxygens (including phenoxy) is 1. The zero-order valence-electron chi connectivity index (χ0n) is 19.2. The zero-order valence-corrected chi connectivity index (χ0v) is 20.0. The number of rotatable bonds is 6. The fourth-order valence-corrected chi connectivity index (χ4v) is 4.94. The number of nitro groups is 2. The van der Waals surface area contributed by atoms with Gasteiger partial charge in [-0.15, -0.1) is 0 Å². The molecule has 190 valence electrons. The van der Waals surface area contributed by atoms with Crippen molar-refractivity contribution < 1.29 is 28.9 Å². The lowest BCUT2D eigenvalue weighted by atomic mass is 9.96. The third kappa shape index (κ3) is 4.61. The van der Waals surface area contributed by atoms with Gasteiger partial charge in [0.25, 0.3) is 11.3 Å². The maximum Gasteiger partial charge on any atom is 0.338 e. The van der Waals surface area contributed by atoms with E-state index in [4.69, 9.17) is 4.74 Å². The van der Waals surface area contributed by atoms with Crippen LogP contribution in [0.4, 0.5) is 15.8 Å². The van der Waals surface area contributed by atoms with Crippen LogP contribution >= 0.6 is 11.3 Å². The van der Waals surface area contributed by atoms with Crippen molar-refractivity contribution in [1.82, 2.24) is 4.57 Å². The van der Waals surface area contributed by atoms with Gasteiger partial charge in [-0.2, -0.15) is 0 Å². The van der Waals surface area contributed by atoms with Crippen molar-refractivity contribution in [3.8, 4) is 5.75 Å². The highest BCUT2D eigenvalue weighted by Gasteiger charge is 2.33. The second-order valence-corrected chi connectivity index (χ2v) is 8.78. The molecule has 0 fully saturated rings. The summed E-state index contributed by atoms with van der Waals surface area (Å²) < 4.78 is 20.0. The Morgan fingerprint density at radius 2 is 1.81 bits per heavy atom. The summed E-state index contributed by atoms with van der Waals surface area (Å²) in [6, 6.07) is 5.97. The van der Waals surface area contributed by atoms with Gasteiger partial charge < -0.3 is 9.84 Å². The Hall–Kier alpha value is -4.72. The van der Waals surface area contributed by atoms with Crippen molar-refractivity contribution in [2.45, 2.75) is 19.9 Å². The van der Waals surface area contributed by atoms with Gasteiger partial charge in [0.2, 0.25) is 0 Å². The number of nitrogens with zero attached hydrogens (tertiary/aromatic N) is 4. The van der Waals surface area contributed by atoms with Crippen LogP contribution in [0.1, 0.15) is 31.0 Å². The molecule has 14 heteroatoms. The Bertz CT molecular complexity index is 1640. The molecule has 0 radical (unpaired) electrons. The van der Waals surface area contributed by atoms with Crippen LogP contribution in [0.5, 0.6) is 5.75 Å². The van der Waals surface area contributed by atoms with E-state index in [1.807, 2.05) is 0 Å². The van der Waals surface area contributed by atoms with Crippen LogP contribution < -0.4 is 14.9 Å². The first kappa shape index (κ1) is 25.4. The summed E-state index contributed by atoms with van der Waals surface area (Å²) in [4.78, 5) is 51.5. The van der Waals surface area contributed by atoms with E-state index in [0.717, 1.165) is 23.5 Å². The van der Waals surface area contributed by atoms with Gasteiger partial charge in [-0.05, 0) is 43.2 Å². The molecule has 4 rings (SSSR count). The summed E-state index contributed by atoms with van der Waals surface area (Å²) >= 11 is 0.888. The van der Waals surface area contributed by atoms with E-state index < -0.39 is 50.4 Å². The number of fused-ring (bicyclic) bond motifs is 1. The molecule has 12 nitrogen and oxygen atoms in total. The van der Waals surface area contributed by atoms with E-state index >= 15 is 0 Å². The summed E-state index contributed by atoms with van der Waals surface area (Å²) in [5.41, 5.74) is -1.79. The van der Waals surface area contributed by atoms with Gasteiger partial charge >= 0.3 is 17.3 Å². The predicted octanol–water partition coefficient (Wildman–Crippen LogP) is 2.46. The van der Waals surface area contributed by atoms with E-state index in [1.54, 1.807) is 13.8 Å². The van der Waals surface area contributed by atoms with Crippen molar-refractivity contribution in [2.75, 3.05) is 6.61 Å². The minimum atomic E-state index is -1.11. The number of phenolic OH excluding ortho intramolecular Hbond substituents is 1. The second kappa shape index (κ2) is 9.73. The molecule has 0 bridgehead atoms. The van der Waals surface area contributed by atoms with Gasteiger partial charge in [0.15, 0.2) is 4.80 Å². The topological polar surface area (TPSA) is 167 Å². The average molecular weight is 528 g/mol. The zero-order chi connectivity index (χ0) is 27.0. The SMILES string of the molecule is CCOC(=O)C1=C(C)N=c2s/c(=C\c3cc([N+](=O)[O-])c(O)c([N+](=O)[O-])c3)c(=O)n2[C@@H]1c1ccc(F)cc1. The summed E-state index contributed by atoms with van der Waals surface area (Å²) in [6.45, 7) is 3.24. The van der Waals surface area contributed by atoms with E-state index in [1.165, 1.54) is 34.9 Å². The number of allylic oxidation sites excluding steroid dienone is 1. The number of thiazole rings is 1. The molecule has 2 heterocycles. The van der Waals surface area contributed by atoms with Gasteiger partial charge in [-0.1, -0.05) is 23.5 Å². The molecule has 0 aliphatic carbocycles. The smallest absolute Gasteiger partial charge is 0.338 e. The molecule has 3 aromatic rings. The van der Waals surface area contributed by atoms with Crippen molar-refractivity contribution in [1.29, 1.82) is 0 Å². The van der Waals surface area contributed by atoms with E-state index in [9.17, 15) is 39.3 Å². The van der Waals surface area contributed by atoms with Gasteiger partial charge in [-0.3, -0.25) is 29.6 Å². The third-order valence-corrected chi connectivity index (χ3v) is 6.47. The molecule has 1 N–H and O–H groups in total. The number of carbonyl (C=O) groups excluding carboxylic acids is 1. The number of nitro benzene ring substituents is 2. The first-order valence-electron chi connectivity index (χ1n) is 10.6. The van der Waals surface area contributed by atoms with Crippen LogP contribution in [0.3, 0.4) is 0 Å². The summed E-state index contributed by atoms with van der Waals surface area (Å²) in [6.07, 6.45) is 1.19. The van der Waals surface area contributed by atoms with Crippen LogP contribution in [-0.2, 0) is 9.53 Å². The first-order chi connectivity index (χ1) is 17.5. The van der Waals surface area contributed by atoms with Crippen molar-refractivity contribution in [2.24, 2.45) is 4.99 Å². The Kier molecular flexibility index (Phi) is 6.68. The second-order valence-electron chi connectivity index (χ2n) is 7.78. The quantitative estimate of drug-likeness (QED) is 0.289. The number of esters is 1. The number of halogens is 1.